The fraction of sp³-hybridized carbons (Fsp3) is 0.667. The Balaban J connectivity index is 3.19. The summed E-state index contributed by atoms with van der Waals surface area (Å²) in [5.74, 6) is -0.776. The van der Waals surface area contributed by atoms with Crippen molar-refractivity contribution in [2.75, 3.05) is 0 Å². The molecule has 0 aromatic carbocycles. The number of carboxylic acids is 1. The van der Waals surface area contributed by atoms with Crippen molar-refractivity contribution < 1.29 is 9.90 Å². The van der Waals surface area contributed by atoms with Crippen LogP contribution in [0.3, 0.4) is 0 Å². The minimum absolute atomic E-state index is 0.113. The maximum absolute atomic E-state index is 10.2. The smallest absolute Gasteiger partial charge is 0.307 e. The molecule has 0 atom stereocenters. The highest BCUT2D eigenvalue weighted by molar-refractivity contribution is 5.68. The number of allylic oxidation sites excluding steroid dienone is 3. The number of carboxylic acid groups (broad SMARTS) is 1. The summed E-state index contributed by atoms with van der Waals surface area (Å²) in [7, 11) is 0. The summed E-state index contributed by atoms with van der Waals surface area (Å²) in [6.45, 7) is 2.24. The van der Waals surface area contributed by atoms with Crippen LogP contribution in [0.4, 0.5) is 0 Å². The monoisotopic (exact) mass is 238 g/mol. The van der Waals surface area contributed by atoms with E-state index in [0.717, 1.165) is 6.42 Å². The van der Waals surface area contributed by atoms with Gasteiger partial charge in [0.15, 0.2) is 0 Å². The molecule has 0 spiro atoms. The first-order valence-electron chi connectivity index (χ1n) is 6.80. The number of hydrogen-bond donors (Lipinski definition) is 1. The molecule has 0 aromatic heterocycles. The fourth-order valence-electron chi connectivity index (χ4n) is 1.64. The molecule has 0 saturated heterocycles. The summed E-state index contributed by atoms with van der Waals surface area (Å²) in [5.41, 5.74) is 0. The topological polar surface area (TPSA) is 37.3 Å². The van der Waals surface area contributed by atoms with Crippen molar-refractivity contribution in [3.8, 4) is 0 Å². The van der Waals surface area contributed by atoms with Crippen LogP contribution in [0.15, 0.2) is 24.3 Å². The maximum atomic E-state index is 10.2. The lowest BCUT2D eigenvalue weighted by Gasteiger charge is -1.98. The quantitative estimate of drug-likeness (QED) is 0.418. The van der Waals surface area contributed by atoms with Crippen molar-refractivity contribution in [3.63, 3.8) is 0 Å². The third kappa shape index (κ3) is 14.9. The SMILES string of the molecule is CCCCCCCCCC=CC=CCC(=O)O. The van der Waals surface area contributed by atoms with Crippen LogP contribution >= 0.6 is 0 Å². The van der Waals surface area contributed by atoms with E-state index in [-0.39, 0.29) is 6.42 Å². The van der Waals surface area contributed by atoms with Crippen molar-refractivity contribution in [1.29, 1.82) is 0 Å². The van der Waals surface area contributed by atoms with Crippen LogP contribution in [0.1, 0.15) is 64.7 Å². The highest BCUT2D eigenvalue weighted by Crippen LogP contribution is 2.08. The molecule has 0 unspecified atom stereocenters. The van der Waals surface area contributed by atoms with Gasteiger partial charge in [-0.15, -0.1) is 0 Å². The molecule has 0 aliphatic rings. The van der Waals surface area contributed by atoms with Crippen molar-refractivity contribution in [2.45, 2.75) is 64.7 Å². The molecule has 0 rings (SSSR count). The molecular formula is C15H26O2. The standard InChI is InChI=1S/C15H26O2/c1-2-3-4-5-6-7-8-9-10-11-12-13-14-15(16)17/h10-13H,2-9,14H2,1H3,(H,16,17). The normalized spacial score (nSPS) is 11.6. The van der Waals surface area contributed by atoms with E-state index in [0.29, 0.717) is 0 Å². The van der Waals surface area contributed by atoms with E-state index in [1.54, 1.807) is 6.08 Å². The van der Waals surface area contributed by atoms with Crippen molar-refractivity contribution >= 4 is 5.97 Å². The maximum Gasteiger partial charge on any atom is 0.307 e. The lowest BCUT2D eigenvalue weighted by molar-refractivity contribution is -0.135. The average molecular weight is 238 g/mol. The van der Waals surface area contributed by atoms with E-state index in [4.69, 9.17) is 5.11 Å². The van der Waals surface area contributed by atoms with Crippen LogP contribution in [0.2, 0.25) is 0 Å². The summed E-state index contributed by atoms with van der Waals surface area (Å²) in [4.78, 5) is 10.2. The van der Waals surface area contributed by atoms with Gasteiger partial charge in [0.25, 0.3) is 0 Å². The number of carbonyl (C=O) groups is 1. The molecule has 0 aromatic rings. The molecule has 0 saturated carbocycles. The first-order valence-corrected chi connectivity index (χ1v) is 6.80. The largest absolute Gasteiger partial charge is 0.481 e. The molecule has 0 aliphatic heterocycles. The van der Waals surface area contributed by atoms with Gasteiger partial charge >= 0.3 is 5.97 Å². The van der Waals surface area contributed by atoms with E-state index < -0.39 is 5.97 Å². The van der Waals surface area contributed by atoms with Gasteiger partial charge in [0, 0.05) is 0 Å². The Labute approximate surface area is 105 Å². The molecule has 0 aliphatic carbocycles. The molecule has 1 N–H and O–H groups in total. The van der Waals surface area contributed by atoms with Gasteiger partial charge in [-0.05, 0) is 12.8 Å². The molecule has 0 radical (unpaired) electrons. The predicted molar refractivity (Wildman–Crippen MR) is 73.1 cm³/mol. The highest BCUT2D eigenvalue weighted by atomic mass is 16.4. The zero-order chi connectivity index (χ0) is 12.8. The third-order valence-corrected chi connectivity index (χ3v) is 2.65. The molecule has 0 heterocycles. The van der Waals surface area contributed by atoms with Crippen LogP contribution in [0.5, 0.6) is 0 Å². The lowest BCUT2D eigenvalue weighted by Crippen LogP contribution is -1.89. The Morgan fingerprint density at radius 3 is 2.18 bits per heavy atom. The summed E-state index contributed by atoms with van der Waals surface area (Å²) in [5, 5.41) is 8.40. The van der Waals surface area contributed by atoms with Gasteiger partial charge in [0.05, 0.1) is 6.42 Å². The number of hydrogen-bond acceptors (Lipinski definition) is 1. The van der Waals surface area contributed by atoms with Gasteiger partial charge in [-0.25, -0.2) is 0 Å². The second-order valence-electron chi connectivity index (χ2n) is 4.36. The van der Waals surface area contributed by atoms with Crippen molar-refractivity contribution in [2.24, 2.45) is 0 Å². The average Bonchev–Trinajstić information content (AvgIpc) is 2.30. The Hall–Kier alpha value is -1.05. The minimum Gasteiger partial charge on any atom is -0.481 e. The van der Waals surface area contributed by atoms with E-state index in [1.165, 1.54) is 44.9 Å². The Morgan fingerprint density at radius 1 is 0.941 bits per heavy atom. The molecule has 0 amide bonds. The van der Waals surface area contributed by atoms with Crippen molar-refractivity contribution in [3.05, 3.63) is 24.3 Å². The number of aliphatic carboxylic acids is 1. The van der Waals surface area contributed by atoms with Crippen molar-refractivity contribution in [1.82, 2.24) is 0 Å². The van der Waals surface area contributed by atoms with Gasteiger partial charge in [0.1, 0.15) is 0 Å². The molecule has 0 bridgehead atoms. The molecular weight excluding hydrogens is 212 g/mol. The first kappa shape index (κ1) is 16.0. The zero-order valence-corrected chi connectivity index (χ0v) is 11.0. The molecule has 2 heteroatoms. The second-order valence-corrected chi connectivity index (χ2v) is 4.36. The first-order chi connectivity index (χ1) is 8.27. The lowest BCUT2D eigenvalue weighted by atomic mass is 10.1. The van der Waals surface area contributed by atoms with Crippen LogP contribution in [0.25, 0.3) is 0 Å². The van der Waals surface area contributed by atoms with Gasteiger partial charge in [0.2, 0.25) is 0 Å². The molecule has 0 fully saturated rings. The van der Waals surface area contributed by atoms with E-state index >= 15 is 0 Å². The van der Waals surface area contributed by atoms with Gasteiger partial charge < -0.3 is 5.11 Å². The predicted octanol–water partition coefficient (Wildman–Crippen LogP) is 4.71. The van der Waals surface area contributed by atoms with Gasteiger partial charge in [-0.1, -0.05) is 69.8 Å². The van der Waals surface area contributed by atoms with Gasteiger partial charge in [-0.3, -0.25) is 4.79 Å². The summed E-state index contributed by atoms with van der Waals surface area (Å²) >= 11 is 0. The molecule has 98 valence electrons. The number of unbranched alkanes of at least 4 members (excludes halogenated alkanes) is 7. The molecule has 2 nitrogen and oxygen atoms in total. The van der Waals surface area contributed by atoms with E-state index in [1.807, 2.05) is 12.2 Å². The fourth-order valence-corrected chi connectivity index (χ4v) is 1.64. The second kappa shape index (κ2) is 13.0. The zero-order valence-electron chi connectivity index (χ0n) is 11.0. The van der Waals surface area contributed by atoms with Crippen LogP contribution in [-0.4, -0.2) is 11.1 Å². The number of rotatable bonds is 11. The van der Waals surface area contributed by atoms with E-state index in [9.17, 15) is 4.79 Å². The summed E-state index contributed by atoms with van der Waals surface area (Å²) in [6, 6.07) is 0. The van der Waals surface area contributed by atoms with Gasteiger partial charge in [-0.2, -0.15) is 0 Å². The third-order valence-electron chi connectivity index (χ3n) is 2.65. The Morgan fingerprint density at radius 2 is 1.53 bits per heavy atom. The highest BCUT2D eigenvalue weighted by Gasteiger charge is 1.89. The Bertz CT molecular complexity index is 229. The van der Waals surface area contributed by atoms with E-state index in [2.05, 4.69) is 13.0 Å². The summed E-state index contributed by atoms with van der Waals surface area (Å²) < 4.78 is 0. The van der Waals surface area contributed by atoms with Crippen LogP contribution in [-0.2, 0) is 4.79 Å². The minimum atomic E-state index is -0.776. The van der Waals surface area contributed by atoms with Crippen LogP contribution < -0.4 is 0 Å². The van der Waals surface area contributed by atoms with Crippen LogP contribution in [0, 0.1) is 0 Å². The molecule has 17 heavy (non-hydrogen) atoms. The Kier molecular flexibility index (Phi) is 12.2. The summed E-state index contributed by atoms with van der Waals surface area (Å²) in [6.07, 6.45) is 18.1.